The molecule has 0 spiro atoms. The van der Waals surface area contributed by atoms with Gasteiger partial charge in [-0.05, 0) is 64.2 Å². The second-order valence-electron chi connectivity index (χ2n) is 6.71. The van der Waals surface area contributed by atoms with Gasteiger partial charge in [0.1, 0.15) is 4.75 Å². The van der Waals surface area contributed by atoms with E-state index in [4.69, 9.17) is 0 Å². The van der Waals surface area contributed by atoms with Crippen molar-refractivity contribution >= 4 is 17.0 Å². The first-order valence-corrected chi connectivity index (χ1v) is 9.56. The summed E-state index contributed by atoms with van der Waals surface area (Å²) in [5, 5.41) is 3.44. The maximum absolute atomic E-state index is 11.8. The second-order valence-corrected chi connectivity index (χ2v) is 8.76. The summed E-state index contributed by atoms with van der Waals surface area (Å²) in [6, 6.07) is 8.76. The monoisotopic (exact) mass is 324 g/mol. The van der Waals surface area contributed by atoms with Crippen LogP contribution in [0, 0.1) is 0 Å². The summed E-state index contributed by atoms with van der Waals surface area (Å²) in [6.07, 6.45) is 5.78. The fraction of sp³-hybridized carbons (Fsp3) is 0.667. The van der Waals surface area contributed by atoms with Crippen LogP contribution in [0.15, 0.2) is 24.3 Å². The van der Waals surface area contributed by atoms with E-state index in [0.29, 0.717) is 0 Å². The Kier molecular flexibility index (Phi) is 8.91. The summed E-state index contributed by atoms with van der Waals surface area (Å²) in [5.41, 5.74) is 2.60. The molecule has 0 aliphatic rings. The molecule has 0 fully saturated rings. The number of rotatable bonds is 10. The van der Waals surface area contributed by atoms with Crippen molar-refractivity contribution in [2.24, 2.45) is 0 Å². The van der Waals surface area contributed by atoms with Crippen molar-refractivity contribution in [3.63, 3.8) is 0 Å². The molecule has 126 valence electrons. The molecule has 0 aliphatic heterocycles. The van der Waals surface area contributed by atoms with E-state index < -0.39 is 11.4 Å². The predicted octanol–water partition coefficient (Wildman–Crippen LogP) is 4.27. The topological polar surface area (TPSA) is 47.1 Å². The number of anilines is 1. The Balaban J connectivity index is 2.12. The summed E-state index contributed by atoms with van der Waals surface area (Å²) in [7, 11) is 0. The van der Waals surface area contributed by atoms with Crippen LogP contribution in [0.25, 0.3) is 0 Å². The van der Waals surface area contributed by atoms with Gasteiger partial charge in [0.15, 0.2) is 0 Å². The zero-order valence-corrected chi connectivity index (χ0v) is 15.4. The minimum atomic E-state index is -0.955. The lowest BCUT2D eigenvalue weighted by Crippen LogP contribution is -2.39. The summed E-state index contributed by atoms with van der Waals surface area (Å²) >= 11 is -0.955. The Hall–Kier alpha value is -0.710. The predicted molar refractivity (Wildman–Crippen MR) is 98.7 cm³/mol. The largest absolute Gasteiger partial charge is 0.598 e. The van der Waals surface area contributed by atoms with E-state index in [1.54, 1.807) is 0 Å². The minimum Gasteiger partial charge on any atom is -0.598 e. The maximum atomic E-state index is 11.8. The molecular formula is C18H32N2OS. The van der Waals surface area contributed by atoms with Crippen LogP contribution in [-0.2, 0) is 17.8 Å². The highest BCUT2D eigenvalue weighted by Crippen LogP contribution is 2.13. The van der Waals surface area contributed by atoms with Crippen molar-refractivity contribution in [3.8, 4) is 0 Å². The highest BCUT2D eigenvalue weighted by Gasteiger charge is 2.25. The molecule has 0 radical (unpaired) electrons. The molecule has 22 heavy (non-hydrogen) atoms. The number of unbranched alkanes of at least 4 members (excludes halogenated alkanes) is 2. The third-order valence-corrected chi connectivity index (χ3v) is 5.07. The van der Waals surface area contributed by atoms with Crippen molar-refractivity contribution in [1.82, 2.24) is 4.72 Å². The van der Waals surface area contributed by atoms with Crippen LogP contribution in [0.1, 0.15) is 58.9 Å². The second kappa shape index (κ2) is 10.1. The molecule has 0 saturated heterocycles. The van der Waals surface area contributed by atoms with Gasteiger partial charge >= 0.3 is 0 Å². The van der Waals surface area contributed by atoms with E-state index in [1.165, 1.54) is 30.5 Å². The van der Waals surface area contributed by atoms with Crippen LogP contribution in [0.5, 0.6) is 0 Å². The average Bonchev–Trinajstić information content (AvgIpc) is 2.48. The molecule has 0 bridgehead atoms. The third-order valence-electron chi connectivity index (χ3n) is 3.49. The number of hydrogen-bond donors (Lipinski definition) is 2. The lowest BCUT2D eigenvalue weighted by molar-refractivity contribution is 0.541. The molecule has 0 aromatic heterocycles. The Labute approximate surface area is 139 Å². The van der Waals surface area contributed by atoms with Gasteiger partial charge in [0.25, 0.3) is 0 Å². The first-order valence-electron chi connectivity index (χ1n) is 8.41. The van der Waals surface area contributed by atoms with Crippen LogP contribution >= 0.6 is 0 Å². The Morgan fingerprint density at radius 2 is 1.64 bits per heavy atom. The fourth-order valence-corrected chi connectivity index (χ4v) is 2.80. The van der Waals surface area contributed by atoms with Crippen LogP contribution in [0.2, 0.25) is 0 Å². The molecule has 0 amide bonds. The Bertz CT molecular complexity index is 401. The van der Waals surface area contributed by atoms with Gasteiger partial charge in [0.05, 0.1) is 0 Å². The molecule has 1 aromatic carbocycles. The summed E-state index contributed by atoms with van der Waals surface area (Å²) < 4.78 is 14.7. The summed E-state index contributed by atoms with van der Waals surface area (Å²) in [4.78, 5) is 0. The van der Waals surface area contributed by atoms with Crippen molar-refractivity contribution in [2.45, 2.75) is 64.5 Å². The van der Waals surface area contributed by atoms with Gasteiger partial charge in [-0.1, -0.05) is 25.5 Å². The molecule has 0 heterocycles. The first-order chi connectivity index (χ1) is 10.4. The smallest absolute Gasteiger partial charge is 0.136 e. The van der Waals surface area contributed by atoms with Crippen LogP contribution in [0.3, 0.4) is 0 Å². The van der Waals surface area contributed by atoms with Crippen LogP contribution in [0.4, 0.5) is 5.69 Å². The van der Waals surface area contributed by atoms with Gasteiger partial charge in [-0.3, -0.25) is 0 Å². The summed E-state index contributed by atoms with van der Waals surface area (Å²) in [6.45, 7) is 9.95. The lowest BCUT2D eigenvalue weighted by atomic mass is 10.1. The Morgan fingerprint density at radius 3 is 2.23 bits per heavy atom. The SMILES string of the molecule is CCCCc1ccc(NCCCCN[S+]([O-])C(C)(C)C)cc1. The normalized spacial score (nSPS) is 13.1. The van der Waals surface area contributed by atoms with Crippen LogP contribution in [-0.4, -0.2) is 22.4 Å². The van der Waals surface area contributed by atoms with E-state index >= 15 is 0 Å². The van der Waals surface area contributed by atoms with Gasteiger partial charge < -0.3 is 9.87 Å². The van der Waals surface area contributed by atoms with Crippen molar-refractivity contribution in [2.75, 3.05) is 18.4 Å². The number of benzene rings is 1. The van der Waals surface area contributed by atoms with Gasteiger partial charge in [0.2, 0.25) is 0 Å². The quantitative estimate of drug-likeness (QED) is 0.499. The van der Waals surface area contributed by atoms with E-state index in [2.05, 4.69) is 41.2 Å². The van der Waals surface area contributed by atoms with Gasteiger partial charge in [-0.25, -0.2) is 0 Å². The third kappa shape index (κ3) is 8.06. The standard InChI is InChI=1S/C18H32N2OS/c1-5-6-9-16-10-12-17(13-11-16)19-14-7-8-15-20-22(21)18(2,3)4/h10-13,19-20H,5-9,14-15H2,1-4H3. The maximum Gasteiger partial charge on any atom is 0.136 e. The zero-order valence-electron chi connectivity index (χ0n) is 14.6. The zero-order chi connectivity index (χ0) is 16.4. The molecule has 1 aromatic rings. The fourth-order valence-electron chi connectivity index (χ4n) is 2.03. The molecule has 1 atom stereocenters. The average molecular weight is 325 g/mol. The van der Waals surface area contributed by atoms with Gasteiger partial charge in [-0.2, -0.15) is 0 Å². The molecule has 0 aliphatic carbocycles. The molecule has 4 heteroatoms. The van der Waals surface area contributed by atoms with E-state index in [0.717, 1.165) is 25.9 Å². The van der Waals surface area contributed by atoms with Crippen LogP contribution < -0.4 is 10.0 Å². The highest BCUT2D eigenvalue weighted by atomic mass is 32.2. The van der Waals surface area contributed by atoms with Crippen molar-refractivity contribution < 1.29 is 4.55 Å². The highest BCUT2D eigenvalue weighted by molar-refractivity contribution is 7.90. The van der Waals surface area contributed by atoms with Crippen molar-refractivity contribution in [3.05, 3.63) is 29.8 Å². The molecule has 1 rings (SSSR count). The van der Waals surface area contributed by atoms with E-state index in [-0.39, 0.29) is 4.75 Å². The lowest BCUT2D eigenvalue weighted by Gasteiger charge is -2.23. The first kappa shape index (κ1) is 19.3. The van der Waals surface area contributed by atoms with Crippen molar-refractivity contribution in [1.29, 1.82) is 0 Å². The van der Waals surface area contributed by atoms with E-state index in [9.17, 15) is 4.55 Å². The van der Waals surface area contributed by atoms with Gasteiger partial charge in [-0.15, -0.1) is 4.72 Å². The van der Waals surface area contributed by atoms with Gasteiger partial charge in [0, 0.05) is 30.1 Å². The number of hydrogen-bond acceptors (Lipinski definition) is 3. The number of aryl methyl sites for hydroxylation is 1. The molecule has 2 N–H and O–H groups in total. The molecule has 1 unspecified atom stereocenters. The molecule has 0 saturated carbocycles. The molecular weight excluding hydrogens is 292 g/mol. The molecule has 3 nitrogen and oxygen atoms in total. The van der Waals surface area contributed by atoms with E-state index in [1.807, 2.05) is 20.8 Å². The summed E-state index contributed by atoms with van der Waals surface area (Å²) in [5.74, 6) is 0. The number of nitrogens with one attached hydrogen (secondary N) is 2. The Morgan fingerprint density at radius 1 is 1.00 bits per heavy atom. The minimum absolute atomic E-state index is 0.183.